The predicted octanol–water partition coefficient (Wildman–Crippen LogP) is 2.33. The average Bonchev–Trinajstić information content (AvgIpc) is 2.70. The second-order valence-corrected chi connectivity index (χ2v) is 7.23. The second-order valence-electron chi connectivity index (χ2n) is 6.24. The Hall–Kier alpha value is -1.11. The summed E-state index contributed by atoms with van der Waals surface area (Å²) >= 11 is 1.78. The summed E-state index contributed by atoms with van der Waals surface area (Å²) in [7, 11) is 0. The number of benzene rings is 1. The quantitative estimate of drug-likeness (QED) is 0.122. The number of hydrogen-bond donors (Lipinski definition) is 2. The average molecular weight is 523 g/mol. The molecule has 0 spiro atoms. The van der Waals surface area contributed by atoms with Crippen LogP contribution in [-0.2, 0) is 11.3 Å². The largest absolute Gasteiger partial charge is 0.379 e. The molecule has 0 aliphatic carbocycles. The fraction of sp³-hybridized carbons (Fsp3) is 0.611. The Bertz CT molecular complexity index is 597. The van der Waals surface area contributed by atoms with Gasteiger partial charge >= 0.3 is 0 Å². The highest BCUT2D eigenvalue weighted by molar-refractivity contribution is 14.0. The molecule has 1 fully saturated rings. The highest BCUT2D eigenvalue weighted by Gasteiger charge is 2.09. The van der Waals surface area contributed by atoms with Gasteiger partial charge in [-0.1, -0.05) is 12.1 Å². The van der Waals surface area contributed by atoms with Gasteiger partial charge in [0.2, 0.25) is 0 Å². The Kier molecular flexibility index (Phi) is 13.2. The Morgan fingerprint density at radius 1 is 1.25 bits per heavy atom. The summed E-state index contributed by atoms with van der Waals surface area (Å²) in [5.41, 5.74) is 1.04. The highest BCUT2D eigenvalue weighted by atomic mass is 127. The molecule has 0 saturated carbocycles. The fourth-order valence-electron chi connectivity index (χ4n) is 2.67. The summed E-state index contributed by atoms with van der Waals surface area (Å²) < 4.78 is 5.37. The predicted molar refractivity (Wildman–Crippen MR) is 126 cm³/mol. The van der Waals surface area contributed by atoms with Crippen molar-refractivity contribution in [1.82, 2.24) is 15.5 Å². The number of morpholine rings is 1. The van der Waals surface area contributed by atoms with Gasteiger partial charge in [0.1, 0.15) is 0 Å². The van der Waals surface area contributed by atoms with Crippen molar-refractivity contribution in [2.24, 2.45) is 4.99 Å². The van der Waals surface area contributed by atoms with Crippen LogP contribution in [0.15, 0.2) is 29.3 Å². The zero-order valence-electron chi connectivity index (χ0n) is 16.3. The molecule has 1 heterocycles. The maximum absolute atomic E-state index is 10.7. The molecule has 1 aromatic carbocycles. The number of halogens is 1. The van der Waals surface area contributed by atoms with E-state index in [-0.39, 0.29) is 29.7 Å². The van der Waals surface area contributed by atoms with Crippen LogP contribution in [0.5, 0.6) is 0 Å². The molecule has 0 atom stereocenters. The second kappa shape index (κ2) is 14.8. The Morgan fingerprint density at radius 3 is 2.57 bits per heavy atom. The smallest absolute Gasteiger partial charge is 0.269 e. The summed E-state index contributed by atoms with van der Waals surface area (Å²) in [6.45, 7) is 6.89. The van der Waals surface area contributed by atoms with Gasteiger partial charge in [-0.05, 0) is 24.8 Å². The van der Waals surface area contributed by atoms with Crippen LogP contribution in [0.4, 0.5) is 5.69 Å². The first-order valence-corrected chi connectivity index (χ1v) is 10.6. The normalized spacial score (nSPS) is 15.0. The third kappa shape index (κ3) is 9.89. The highest BCUT2D eigenvalue weighted by Crippen LogP contribution is 2.12. The van der Waals surface area contributed by atoms with Gasteiger partial charge in [0.05, 0.1) is 24.7 Å². The van der Waals surface area contributed by atoms with E-state index in [9.17, 15) is 10.1 Å². The van der Waals surface area contributed by atoms with Gasteiger partial charge in [-0.15, -0.1) is 24.0 Å². The minimum Gasteiger partial charge on any atom is -0.379 e. The van der Waals surface area contributed by atoms with E-state index in [0.29, 0.717) is 6.54 Å². The molecule has 158 valence electrons. The molecule has 1 aliphatic heterocycles. The van der Waals surface area contributed by atoms with Crippen LogP contribution in [0.2, 0.25) is 0 Å². The van der Waals surface area contributed by atoms with Gasteiger partial charge < -0.3 is 15.4 Å². The van der Waals surface area contributed by atoms with E-state index in [4.69, 9.17) is 4.74 Å². The molecule has 0 bridgehead atoms. The number of rotatable bonds is 10. The number of thioether (sulfide) groups is 1. The van der Waals surface area contributed by atoms with Gasteiger partial charge in [-0.2, -0.15) is 11.8 Å². The standard InChI is InChI=1S/C18H29N5O3S.HI/c1-27-14-8-20-18(19-7-2-9-22-10-12-26-13-11-22)21-15-16-3-5-17(6-4-16)23(24)25;/h3-6H,2,7-15H2,1H3,(H2,19,20,21);1H. The number of guanidine groups is 1. The summed E-state index contributed by atoms with van der Waals surface area (Å²) in [5.74, 6) is 1.79. The van der Waals surface area contributed by atoms with Crippen molar-refractivity contribution in [3.05, 3.63) is 39.9 Å². The van der Waals surface area contributed by atoms with E-state index in [1.54, 1.807) is 23.9 Å². The molecule has 1 aliphatic rings. The zero-order chi connectivity index (χ0) is 19.3. The third-order valence-electron chi connectivity index (χ3n) is 4.21. The molecule has 2 N–H and O–H groups in total. The SMILES string of the molecule is CSCCNC(=NCc1ccc([N+](=O)[O-])cc1)NCCCN1CCOCC1.I. The Labute approximate surface area is 188 Å². The van der Waals surface area contributed by atoms with Crippen LogP contribution < -0.4 is 10.6 Å². The molecular weight excluding hydrogens is 493 g/mol. The zero-order valence-corrected chi connectivity index (χ0v) is 19.4. The molecule has 0 radical (unpaired) electrons. The Morgan fingerprint density at radius 2 is 1.93 bits per heavy atom. The Balaban J connectivity index is 0.00000392. The molecule has 2 rings (SSSR count). The lowest BCUT2D eigenvalue weighted by Crippen LogP contribution is -2.41. The van der Waals surface area contributed by atoms with Gasteiger partial charge in [0.25, 0.3) is 5.69 Å². The van der Waals surface area contributed by atoms with E-state index < -0.39 is 4.92 Å². The van der Waals surface area contributed by atoms with Gasteiger partial charge in [-0.25, -0.2) is 4.99 Å². The fourth-order valence-corrected chi connectivity index (χ4v) is 2.98. The van der Waals surface area contributed by atoms with Gasteiger partial charge in [0.15, 0.2) is 5.96 Å². The van der Waals surface area contributed by atoms with Crippen LogP contribution in [0.1, 0.15) is 12.0 Å². The van der Waals surface area contributed by atoms with Crippen molar-refractivity contribution < 1.29 is 9.66 Å². The van der Waals surface area contributed by atoms with Crippen LogP contribution in [0.25, 0.3) is 0 Å². The van der Waals surface area contributed by atoms with E-state index in [0.717, 1.165) is 69.6 Å². The summed E-state index contributed by atoms with van der Waals surface area (Å²) in [6, 6.07) is 6.53. The summed E-state index contributed by atoms with van der Waals surface area (Å²) in [5, 5.41) is 17.4. The number of ether oxygens (including phenoxy) is 1. The van der Waals surface area contributed by atoms with Crippen molar-refractivity contribution in [2.75, 3.05) is 57.9 Å². The number of nitro benzene ring substituents is 1. The number of non-ortho nitro benzene ring substituents is 1. The lowest BCUT2D eigenvalue weighted by Gasteiger charge is -2.26. The van der Waals surface area contributed by atoms with Crippen molar-refractivity contribution in [3.8, 4) is 0 Å². The molecule has 0 unspecified atom stereocenters. The molecule has 8 nitrogen and oxygen atoms in total. The monoisotopic (exact) mass is 523 g/mol. The molecule has 1 saturated heterocycles. The molecule has 0 aromatic heterocycles. The first kappa shape index (κ1) is 24.9. The third-order valence-corrected chi connectivity index (χ3v) is 4.83. The lowest BCUT2D eigenvalue weighted by molar-refractivity contribution is -0.384. The number of hydrogen-bond acceptors (Lipinski definition) is 6. The number of nitrogens with one attached hydrogen (secondary N) is 2. The van der Waals surface area contributed by atoms with Crippen LogP contribution >= 0.6 is 35.7 Å². The molecule has 0 amide bonds. The van der Waals surface area contributed by atoms with E-state index >= 15 is 0 Å². The molecule has 10 heteroatoms. The van der Waals surface area contributed by atoms with Crippen molar-refractivity contribution >= 4 is 47.4 Å². The minimum atomic E-state index is -0.390. The minimum absolute atomic E-state index is 0. The van der Waals surface area contributed by atoms with E-state index in [2.05, 4.69) is 26.8 Å². The number of nitrogens with zero attached hydrogens (tertiary/aromatic N) is 3. The summed E-state index contributed by atoms with van der Waals surface area (Å²) in [6.07, 6.45) is 3.12. The lowest BCUT2D eigenvalue weighted by atomic mass is 10.2. The maximum Gasteiger partial charge on any atom is 0.269 e. The van der Waals surface area contributed by atoms with Crippen molar-refractivity contribution in [1.29, 1.82) is 0 Å². The van der Waals surface area contributed by atoms with Crippen LogP contribution in [-0.4, -0.2) is 73.7 Å². The number of nitro groups is 1. The number of aliphatic imine (C=N–C) groups is 1. The van der Waals surface area contributed by atoms with Crippen LogP contribution in [0.3, 0.4) is 0 Å². The molecule has 1 aromatic rings. The topological polar surface area (TPSA) is 92.0 Å². The van der Waals surface area contributed by atoms with E-state index in [1.165, 1.54) is 12.1 Å². The van der Waals surface area contributed by atoms with Crippen molar-refractivity contribution in [3.63, 3.8) is 0 Å². The van der Waals surface area contributed by atoms with E-state index in [1.807, 2.05) is 0 Å². The van der Waals surface area contributed by atoms with Gasteiger partial charge in [0, 0.05) is 44.1 Å². The van der Waals surface area contributed by atoms with Crippen molar-refractivity contribution in [2.45, 2.75) is 13.0 Å². The molecule has 28 heavy (non-hydrogen) atoms. The van der Waals surface area contributed by atoms with Gasteiger partial charge in [-0.3, -0.25) is 15.0 Å². The maximum atomic E-state index is 10.7. The summed E-state index contributed by atoms with van der Waals surface area (Å²) in [4.78, 5) is 17.4. The molecular formula is C18H30IN5O3S. The first-order valence-electron chi connectivity index (χ1n) is 9.23. The first-order chi connectivity index (χ1) is 13.2. The van der Waals surface area contributed by atoms with Crippen LogP contribution in [0, 0.1) is 10.1 Å².